The molecule has 0 aliphatic carbocycles. The third-order valence-corrected chi connectivity index (χ3v) is 2.27. The van der Waals surface area contributed by atoms with E-state index in [0.29, 0.717) is 17.6 Å². The number of hydrogen-bond acceptors (Lipinski definition) is 3. The third-order valence-electron chi connectivity index (χ3n) is 2.27. The molecule has 2 aromatic heterocycles. The molecule has 0 aliphatic heterocycles. The van der Waals surface area contributed by atoms with E-state index in [1.165, 1.54) is 0 Å². The summed E-state index contributed by atoms with van der Waals surface area (Å²) in [6.45, 7) is 6.12. The minimum absolute atomic E-state index is 0.436. The van der Waals surface area contributed by atoms with Gasteiger partial charge in [0, 0.05) is 5.69 Å². The molecule has 2 heterocycles. The average molecular weight is 190 g/mol. The van der Waals surface area contributed by atoms with Gasteiger partial charge in [-0.3, -0.25) is 0 Å². The van der Waals surface area contributed by atoms with Crippen molar-refractivity contribution in [2.45, 2.75) is 26.7 Å². The molecule has 0 aliphatic rings. The van der Waals surface area contributed by atoms with Crippen molar-refractivity contribution in [1.29, 1.82) is 0 Å². The first kappa shape index (κ1) is 8.99. The Labute approximate surface area is 82.8 Å². The Balaban J connectivity index is 2.78. The van der Waals surface area contributed by atoms with Crippen LogP contribution >= 0.6 is 0 Å². The van der Waals surface area contributed by atoms with Crippen LogP contribution in [0.1, 0.15) is 31.3 Å². The molecule has 2 N–H and O–H groups in total. The van der Waals surface area contributed by atoms with Crippen LogP contribution in [0.4, 0.5) is 5.82 Å². The molecule has 14 heavy (non-hydrogen) atoms. The molecule has 0 radical (unpaired) electrons. The van der Waals surface area contributed by atoms with E-state index in [1.807, 2.05) is 23.6 Å². The largest absolute Gasteiger partial charge is 0.382 e. The smallest absolute Gasteiger partial charge is 0.151 e. The van der Waals surface area contributed by atoms with Gasteiger partial charge in [0.1, 0.15) is 11.3 Å². The molecular formula is C10H14N4. The zero-order chi connectivity index (χ0) is 10.3. The minimum Gasteiger partial charge on any atom is -0.382 e. The lowest BCUT2D eigenvalue weighted by Crippen LogP contribution is -2.05. The van der Waals surface area contributed by atoms with Crippen molar-refractivity contribution in [1.82, 2.24) is 14.6 Å². The van der Waals surface area contributed by atoms with E-state index >= 15 is 0 Å². The zero-order valence-electron chi connectivity index (χ0n) is 8.65. The van der Waals surface area contributed by atoms with Gasteiger partial charge >= 0.3 is 0 Å². The lowest BCUT2D eigenvalue weighted by Gasteiger charge is -2.06. The normalized spacial score (nSPS) is 11.4. The van der Waals surface area contributed by atoms with Crippen molar-refractivity contribution in [3.05, 3.63) is 23.7 Å². The Morgan fingerprint density at radius 3 is 2.71 bits per heavy atom. The number of hydrogen-bond donors (Lipinski definition) is 1. The second kappa shape index (κ2) is 2.97. The van der Waals surface area contributed by atoms with E-state index in [1.54, 1.807) is 0 Å². The number of aryl methyl sites for hydroxylation is 1. The van der Waals surface area contributed by atoms with Gasteiger partial charge in [0.05, 0.1) is 0 Å². The standard InChI is InChI=1S/C10H14N4/c1-6(2)8-4-5-9-10(11)12-7(3)13-14(8)9/h4-6H,1-3H3,(H2,11,12,13). The zero-order valence-corrected chi connectivity index (χ0v) is 8.65. The van der Waals surface area contributed by atoms with Gasteiger partial charge in [-0.05, 0) is 25.0 Å². The maximum Gasteiger partial charge on any atom is 0.151 e. The summed E-state index contributed by atoms with van der Waals surface area (Å²) in [4.78, 5) is 4.12. The number of fused-ring (bicyclic) bond motifs is 1. The van der Waals surface area contributed by atoms with Gasteiger partial charge in [-0.25, -0.2) is 9.50 Å². The van der Waals surface area contributed by atoms with Crippen molar-refractivity contribution in [2.75, 3.05) is 5.73 Å². The highest BCUT2D eigenvalue weighted by atomic mass is 15.3. The molecule has 0 bridgehead atoms. The van der Waals surface area contributed by atoms with Crippen molar-refractivity contribution >= 4 is 11.3 Å². The Hall–Kier alpha value is -1.58. The monoisotopic (exact) mass is 190 g/mol. The fourth-order valence-corrected chi connectivity index (χ4v) is 1.59. The molecule has 0 fully saturated rings. The summed E-state index contributed by atoms with van der Waals surface area (Å²) in [7, 11) is 0. The van der Waals surface area contributed by atoms with Crippen LogP contribution < -0.4 is 5.73 Å². The van der Waals surface area contributed by atoms with Crippen molar-refractivity contribution in [2.24, 2.45) is 0 Å². The second-order valence-corrected chi connectivity index (χ2v) is 3.75. The molecule has 0 atom stereocenters. The summed E-state index contributed by atoms with van der Waals surface area (Å²) in [6, 6.07) is 4.01. The number of anilines is 1. The van der Waals surface area contributed by atoms with Crippen molar-refractivity contribution in [3.63, 3.8) is 0 Å². The molecular weight excluding hydrogens is 176 g/mol. The molecule has 4 nitrogen and oxygen atoms in total. The summed E-state index contributed by atoms with van der Waals surface area (Å²) in [5.41, 5.74) is 7.85. The van der Waals surface area contributed by atoms with E-state index in [-0.39, 0.29) is 0 Å². The van der Waals surface area contributed by atoms with Crippen LogP contribution in [0.5, 0.6) is 0 Å². The van der Waals surface area contributed by atoms with Crippen molar-refractivity contribution < 1.29 is 0 Å². The van der Waals surface area contributed by atoms with Crippen LogP contribution in [0.3, 0.4) is 0 Å². The number of nitrogens with zero attached hydrogens (tertiary/aromatic N) is 3. The molecule has 0 saturated carbocycles. The van der Waals surface area contributed by atoms with Crippen molar-refractivity contribution in [3.8, 4) is 0 Å². The third kappa shape index (κ3) is 1.23. The summed E-state index contributed by atoms with van der Waals surface area (Å²) in [6.07, 6.45) is 0. The van der Waals surface area contributed by atoms with Gasteiger partial charge in [-0.15, -0.1) is 0 Å². The Kier molecular flexibility index (Phi) is 1.91. The SMILES string of the molecule is Cc1nc(N)c2ccc(C(C)C)n2n1. The van der Waals surface area contributed by atoms with Gasteiger partial charge in [-0.1, -0.05) is 13.8 Å². The Morgan fingerprint density at radius 2 is 2.07 bits per heavy atom. The maximum atomic E-state index is 5.80. The number of nitrogens with two attached hydrogens (primary N) is 1. The maximum absolute atomic E-state index is 5.80. The van der Waals surface area contributed by atoms with E-state index in [9.17, 15) is 0 Å². The first-order valence-electron chi connectivity index (χ1n) is 4.71. The predicted molar refractivity (Wildman–Crippen MR) is 56.2 cm³/mol. The predicted octanol–water partition coefficient (Wildman–Crippen LogP) is 1.74. The van der Waals surface area contributed by atoms with Crippen LogP contribution in [0.2, 0.25) is 0 Å². The van der Waals surface area contributed by atoms with Crippen LogP contribution in [-0.4, -0.2) is 14.6 Å². The average Bonchev–Trinajstić information content (AvgIpc) is 2.47. The van der Waals surface area contributed by atoms with E-state index < -0.39 is 0 Å². The summed E-state index contributed by atoms with van der Waals surface area (Å²) >= 11 is 0. The fourth-order valence-electron chi connectivity index (χ4n) is 1.59. The van der Waals surface area contributed by atoms with Gasteiger partial charge in [-0.2, -0.15) is 5.10 Å². The molecule has 0 spiro atoms. The highest BCUT2D eigenvalue weighted by molar-refractivity contribution is 5.65. The van der Waals surface area contributed by atoms with E-state index in [0.717, 1.165) is 11.2 Å². The molecule has 0 saturated heterocycles. The minimum atomic E-state index is 0.436. The lowest BCUT2D eigenvalue weighted by molar-refractivity contribution is 0.740. The molecule has 0 amide bonds. The molecule has 0 aromatic carbocycles. The van der Waals surface area contributed by atoms with Crippen LogP contribution in [0.25, 0.3) is 5.52 Å². The van der Waals surface area contributed by atoms with E-state index in [4.69, 9.17) is 5.73 Å². The first-order chi connectivity index (χ1) is 6.59. The number of nitrogen functional groups attached to an aromatic ring is 1. The summed E-state index contributed by atoms with van der Waals surface area (Å²) in [5.74, 6) is 1.68. The molecule has 2 aromatic rings. The second-order valence-electron chi connectivity index (χ2n) is 3.75. The van der Waals surface area contributed by atoms with Gasteiger partial charge in [0.15, 0.2) is 5.82 Å². The molecule has 4 heteroatoms. The number of rotatable bonds is 1. The summed E-state index contributed by atoms with van der Waals surface area (Å²) < 4.78 is 1.88. The van der Waals surface area contributed by atoms with Crippen LogP contribution in [0, 0.1) is 6.92 Å². The molecule has 74 valence electrons. The Morgan fingerprint density at radius 1 is 1.36 bits per heavy atom. The van der Waals surface area contributed by atoms with E-state index in [2.05, 4.69) is 23.9 Å². The highest BCUT2D eigenvalue weighted by Gasteiger charge is 2.09. The fraction of sp³-hybridized carbons (Fsp3) is 0.400. The van der Waals surface area contributed by atoms with Gasteiger partial charge < -0.3 is 5.73 Å². The molecule has 2 rings (SSSR count). The van der Waals surface area contributed by atoms with Gasteiger partial charge in [0.2, 0.25) is 0 Å². The van der Waals surface area contributed by atoms with Crippen LogP contribution in [0.15, 0.2) is 12.1 Å². The quantitative estimate of drug-likeness (QED) is 0.745. The first-order valence-corrected chi connectivity index (χ1v) is 4.71. The molecule has 0 unspecified atom stereocenters. The topological polar surface area (TPSA) is 56.2 Å². The highest BCUT2D eigenvalue weighted by Crippen LogP contribution is 2.20. The van der Waals surface area contributed by atoms with Gasteiger partial charge in [0.25, 0.3) is 0 Å². The number of aromatic nitrogens is 3. The lowest BCUT2D eigenvalue weighted by atomic mass is 10.1. The Bertz CT molecular complexity index is 470. The van der Waals surface area contributed by atoms with Crippen LogP contribution in [-0.2, 0) is 0 Å². The summed E-state index contributed by atoms with van der Waals surface area (Å²) in [5, 5.41) is 4.34.